The van der Waals surface area contributed by atoms with Gasteiger partial charge in [-0.2, -0.15) is 0 Å². The van der Waals surface area contributed by atoms with Crippen molar-refractivity contribution in [2.24, 2.45) is 0 Å². The molecule has 0 aliphatic carbocycles. The predicted octanol–water partition coefficient (Wildman–Crippen LogP) is 3.73. The molecule has 0 radical (unpaired) electrons. The first-order valence-corrected chi connectivity index (χ1v) is 7.74. The highest BCUT2D eigenvalue weighted by molar-refractivity contribution is 6.36. The van der Waals surface area contributed by atoms with Gasteiger partial charge in [0.05, 0.1) is 5.02 Å². The van der Waals surface area contributed by atoms with Gasteiger partial charge >= 0.3 is 0 Å². The lowest BCUT2D eigenvalue weighted by Gasteiger charge is -2.09. The van der Waals surface area contributed by atoms with Gasteiger partial charge in [0.2, 0.25) is 0 Å². The highest BCUT2D eigenvalue weighted by atomic mass is 35.5. The minimum atomic E-state index is 0.727. The predicted molar refractivity (Wildman–Crippen MR) is 92.5 cm³/mol. The fourth-order valence-electron chi connectivity index (χ4n) is 2.46. The summed E-state index contributed by atoms with van der Waals surface area (Å²) < 4.78 is 0. The number of para-hydroxylation sites is 1. The maximum atomic E-state index is 6.39. The van der Waals surface area contributed by atoms with E-state index in [2.05, 4.69) is 20.6 Å². The summed E-state index contributed by atoms with van der Waals surface area (Å²) in [7, 11) is 0. The summed E-state index contributed by atoms with van der Waals surface area (Å²) in [5.41, 5.74) is 4.39. The zero-order valence-corrected chi connectivity index (χ0v) is 13.2. The van der Waals surface area contributed by atoms with Gasteiger partial charge in [-0.15, -0.1) is 0 Å². The molecule has 0 aliphatic rings. The van der Waals surface area contributed by atoms with Crippen LogP contribution in [0.4, 0.5) is 5.69 Å². The van der Waals surface area contributed by atoms with E-state index in [1.807, 2.05) is 43.5 Å². The number of rotatable bonds is 6. The van der Waals surface area contributed by atoms with Crippen molar-refractivity contribution in [2.45, 2.75) is 13.5 Å². The minimum Gasteiger partial charge on any atom is -0.383 e. The Hall–Kier alpha value is -2.04. The van der Waals surface area contributed by atoms with Gasteiger partial charge in [-0.05, 0) is 24.6 Å². The molecule has 0 spiro atoms. The SMILES string of the molecule is Cc1cnccc1NCCNCc1[nH]c2ccccc2c1Cl. The van der Waals surface area contributed by atoms with E-state index in [0.717, 1.165) is 52.5 Å². The summed E-state index contributed by atoms with van der Waals surface area (Å²) in [6.45, 7) is 4.48. The Bertz CT molecular complexity index is 766. The van der Waals surface area contributed by atoms with Crippen LogP contribution >= 0.6 is 11.6 Å². The van der Waals surface area contributed by atoms with Crippen molar-refractivity contribution in [3.63, 3.8) is 0 Å². The van der Waals surface area contributed by atoms with Crippen LogP contribution in [0.5, 0.6) is 0 Å². The topological polar surface area (TPSA) is 52.7 Å². The molecule has 0 unspecified atom stereocenters. The summed E-state index contributed by atoms with van der Waals surface area (Å²) in [5, 5.41) is 8.68. The van der Waals surface area contributed by atoms with Crippen LogP contribution in [0.3, 0.4) is 0 Å². The number of aromatic amines is 1. The molecule has 2 heterocycles. The molecule has 0 saturated carbocycles. The van der Waals surface area contributed by atoms with Crippen molar-refractivity contribution in [1.29, 1.82) is 0 Å². The van der Waals surface area contributed by atoms with Gasteiger partial charge < -0.3 is 15.6 Å². The van der Waals surface area contributed by atoms with Gasteiger partial charge in [0.1, 0.15) is 0 Å². The molecule has 0 amide bonds. The fraction of sp³-hybridized carbons (Fsp3) is 0.235. The Kier molecular flexibility index (Phi) is 4.61. The van der Waals surface area contributed by atoms with Gasteiger partial charge in [0.25, 0.3) is 0 Å². The van der Waals surface area contributed by atoms with Crippen LogP contribution in [0, 0.1) is 6.92 Å². The molecule has 0 saturated heterocycles. The fourth-order valence-corrected chi connectivity index (χ4v) is 2.73. The van der Waals surface area contributed by atoms with E-state index < -0.39 is 0 Å². The molecule has 3 N–H and O–H groups in total. The number of benzene rings is 1. The number of nitrogens with one attached hydrogen (secondary N) is 3. The molecule has 0 aliphatic heterocycles. The van der Waals surface area contributed by atoms with E-state index in [-0.39, 0.29) is 0 Å². The number of anilines is 1. The maximum absolute atomic E-state index is 6.39. The Morgan fingerprint density at radius 3 is 2.86 bits per heavy atom. The summed E-state index contributed by atoms with van der Waals surface area (Å²) in [6, 6.07) is 10.1. The third-order valence-electron chi connectivity index (χ3n) is 3.65. The summed E-state index contributed by atoms with van der Waals surface area (Å²) in [5.74, 6) is 0. The molecule has 1 aromatic carbocycles. The van der Waals surface area contributed by atoms with Gasteiger partial charge in [-0.25, -0.2) is 0 Å². The quantitative estimate of drug-likeness (QED) is 0.608. The lowest BCUT2D eigenvalue weighted by molar-refractivity contribution is 0.697. The first-order chi connectivity index (χ1) is 10.8. The summed E-state index contributed by atoms with van der Waals surface area (Å²) >= 11 is 6.39. The van der Waals surface area contributed by atoms with E-state index in [1.165, 1.54) is 0 Å². The average Bonchev–Trinajstić information content (AvgIpc) is 2.86. The Labute approximate surface area is 134 Å². The normalized spacial score (nSPS) is 11.0. The molecule has 22 heavy (non-hydrogen) atoms. The molecular weight excluding hydrogens is 296 g/mol. The van der Waals surface area contributed by atoms with Crippen molar-refractivity contribution in [2.75, 3.05) is 18.4 Å². The molecule has 4 nitrogen and oxygen atoms in total. The zero-order chi connectivity index (χ0) is 15.4. The monoisotopic (exact) mass is 314 g/mol. The Morgan fingerprint density at radius 1 is 1.18 bits per heavy atom. The zero-order valence-electron chi connectivity index (χ0n) is 12.5. The van der Waals surface area contributed by atoms with Crippen molar-refractivity contribution in [3.8, 4) is 0 Å². The number of fused-ring (bicyclic) bond motifs is 1. The first-order valence-electron chi connectivity index (χ1n) is 7.36. The molecule has 3 rings (SSSR count). The third-order valence-corrected chi connectivity index (χ3v) is 4.09. The minimum absolute atomic E-state index is 0.727. The number of H-pyrrole nitrogens is 1. The number of pyridine rings is 1. The van der Waals surface area contributed by atoms with E-state index in [9.17, 15) is 0 Å². The van der Waals surface area contributed by atoms with Crippen molar-refractivity contribution < 1.29 is 0 Å². The van der Waals surface area contributed by atoms with Crippen LogP contribution in [0.1, 0.15) is 11.3 Å². The van der Waals surface area contributed by atoms with Crippen molar-refractivity contribution in [3.05, 3.63) is 59.0 Å². The van der Waals surface area contributed by atoms with Crippen LogP contribution in [-0.4, -0.2) is 23.1 Å². The molecule has 3 aromatic rings. The number of hydrogen-bond donors (Lipinski definition) is 3. The maximum Gasteiger partial charge on any atom is 0.0705 e. The first kappa shape index (κ1) is 14.9. The van der Waals surface area contributed by atoms with Crippen LogP contribution in [0.15, 0.2) is 42.7 Å². The van der Waals surface area contributed by atoms with Gasteiger partial charge in [0, 0.05) is 54.3 Å². The summed E-state index contributed by atoms with van der Waals surface area (Å²) in [6.07, 6.45) is 3.66. The lowest BCUT2D eigenvalue weighted by Crippen LogP contribution is -2.22. The number of hydrogen-bond acceptors (Lipinski definition) is 3. The van der Waals surface area contributed by atoms with Crippen molar-refractivity contribution in [1.82, 2.24) is 15.3 Å². The second-order valence-corrected chi connectivity index (χ2v) is 5.64. The van der Waals surface area contributed by atoms with Crippen LogP contribution in [0.2, 0.25) is 5.02 Å². The Balaban J connectivity index is 1.50. The third kappa shape index (κ3) is 3.24. The molecular formula is C17H19ClN4. The van der Waals surface area contributed by atoms with E-state index in [1.54, 1.807) is 6.20 Å². The lowest BCUT2D eigenvalue weighted by atomic mass is 10.2. The summed E-state index contributed by atoms with van der Waals surface area (Å²) in [4.78, 5) is 7.44. The van der Waals surface area contributed by atoms with Crippen LogP contribution in [0.25, 0.3) is 10.9 Å². The van der Waals surface area contributed by atoms with E-state index in [4.69, 9.17) is 11.6 Å². The highest BCUT2D eigenvalue weighted by Gasteiger charge is 2.07. The van der Waals surface area contributed by atoms with E-state index in [0.29, 0.717) is 0 Å². The molecule has 2 aromatic heterocycles. The van der Waals surface area contributed by atoms with Crippen LogP contribution < -0.4 is 10.6 Å². The number of aryl methyl sites for hydroxylation is 1. The second-order valence-electron chi connectivity index (χ2n) is 5.26. The Morgan fingerprint density at radius 2 is 2.05 bits per heavy atom. The molecule has 114 valence electrons. The van der Waals surface area contributed by atoms with Crippen molar-refractivity contribution >= 4 is 28.2 Å². The second kappa shape index (κ2) is 6.81. The number of nitrogens with zero attached hydrogens (tertiary/aromatic N) is 1. The molecule has 0 atom stereocenters. The van der Waals surface area contributed by atoms with E-state index >= 15 is 0 Å². The smallest absolute Gasteiger partial charge is 0.0705 e. The largest absolute Gasteiger partial charge is 0.383 e. The van der Waals surface area contributed by atoms with Gasteiger partial charge in [-0.1, -0.05) is 29.8 Å². The van der Waals surface area contributed by atoms with Gasteiger partial charge in [0.15, 0.2) is 0 Å². The highest BCUT2D eigenvalue weighted by Crippen LogP contribution is 2.26. The van der Waals surface area contributed by atoms with Crippen LogP contribution in [-0.2, 0) is 6.54 Å². The number of aromatic nitrogens is 2. The molecule has 0 bridgehead atoms. The standard InChI is InChI=1S/C17H19ClN4/c1-12-10-19-7-6-14(12)21-9-8-20-11-16-17(18)13-4-2-3-5-15(13)22-16/h2-7,10,20,22H,8-9,11H2,1H3,(H,19,21). The molecule has 5 heteroatoms. The number of halogens is 1. The molecule has 0 fully saturated rings. The van der Waals surface area contributed by atoms with Gasteiger partial charge in [-0.3, -0.25) is 4.98 Å². The average molecular weight is 315 g/mol.